The summed E-state index contributed by atoms with van der Waals surface area (Å²) >= 11 is 5.32. The van der Waals surface area contributed by atoms with Crippen LogP contribution in [0.2, 0.25) is 0 Å². The van der Waals surface area contributed by atoms with E-state index in [0.717, 1.165) is 13.0 Å². The Morgan fingerprint density at radius 2 is 2.12 bits per heavy atom. The molecule has 0 aromatic carbocycles. The van der Waals surface area contributed by atoms with Crippen LogP contribution in [0.4, 0.5) is 0 Å². The van der Waals surface area contributed by atoms with Gasteiger partial charge < -0.3 is 10.5 Å². The van der Waals surface area contributed by atoms with Gasteiger partial charge in [-0.25, -0.2) is 0 Å². The number of alkyl halides is 1. The predicted octanol–water partition coefficient (Wildman–Crippen LogP) is 0.591. The molecule has 0 aromatic rings. The average Bonchev–Trinajstić information content (AvgIpc) is 1.81. The van der Waals surface area contributed by atoms with E-state index in [0.29, 0.717) is 19.0 Å². The van der Waals surface area contributed by atoms with Gasteiger partial charge in [-0.3, -0.25) is 0 Å². The minimum atomic E-state index is 0.574. The molecule has 2 nitrogen and oxygen atoms in total. The van der Waals surface area contributed by atoms with Crippen LogP contribution in [0.5, 0.6) is 0 Å². The highest BCUT2D eigenvalue weighted by atomic mass is 35.5. The molecular formula is C5H12ClNO. The maximum Gasteiger partial charge on any atom is 0.0601 e. The zero-order valence-corrected chi connectivity index (χ0v) is 5.66. The third kappa shape index (κ3) is 6.21. The van der Waals surface area contributed by atoms with Crippen LogP contribution < -0.4 is 5.73 Å². The van der Waals surface area contributed by atoms with Crippen molar-refractivity contribution in [3.05, 3.63) is 0 Å². The molecule has 50 valence electrons. The summed E-state index contributed by atoms with van der Waals surface area (Å²) in [7, 11) is 0. The monoisotopic (exact) mass is 137 g/mol. The SMILES string of the molecule is NCCCOCCCl. The molecule has 8 heavy (non-hydrogen) atoms. The molecule has 0 aromatic heterocycles. The van der Waals surface area contributed by atoms with E-state index in [1.54, 1.807) is 0 Å². The zero-order chi connectivity index (χ0) is 6.24. The van der Waals surface area contributed by atoms with Crippen molar-refractivity contribution < 1.29 is 4.74 Å². The molecule has 0 bridgehead atoms. The first-order valence-corrected chi connectivity index (χ1v) is 3.29. The van der Waals surface area contributed by atoms with Gasteiger partial charge in [-0.2, -0.15) is 0 Å². The molecule has 0 saturated carbocycles. The molecule has 0 rings (SSSR count). The molecule has 0 aliphatic rings. The first-order valence-electron chi connectivity index (χ1n) is 2.75. The molecule has 0 fully saturated rings. The lowest BCUT2D eigenvalue weighted by molar-refractivity contribution is 0.148. The number of nitrogens with two attached hydrogens (primary N) is 1. The van der Waals surface area contributed by atoms with E-state index in [1.807, 2.05) is 0 Å². The smallest absolute Gasteiger partial charge is 0.0601 e. The number of halogens is 1. The lowest BCUT2D eigenvalue weighted by atomic mass is 10.5. The van der Waals surface area contributed by atoms with Gasteiger partial charge in [0.05, 0.1) is 6.61 Å². The van der Waals surface area contributed by atoms with E-state index >= 15 is 0 Å². The van der Waals surface area contributed by atoms with Crippen LogP contribution in [0, 0.1) is 0 Å². The molecule has 0 aliphatic heterocycles. The van der Waals surface area contributed by atoms with Gasteiger partial charge in [0, 0.05) is 12.5 Å². The highest BCUT2D eigenvalue weighted by Crippen LogP contribution is 1.80. The van der Waals surface area contributed by atoms with Crippen LogP contribution in [-0.2, 0) is 4.74 Å². The summed E-state index contributed by atoms with van der Waals surface area (Å²) in [5, 5.41) is 0. The van der Waals surface area contributed by atoms with Gasteiger partial charge in [-0.15, -0.1) is 11.6 Å². The van der Waals surface area contributed by atoms with E-state index in [9.17, 15) is 0 Å². The van der Waals surface area contributed by atoms with E-state index in [-0.39, 0.29) is 0 Å². The quantitative estimate of drug-likeness (QED) is 0.445. The summed E-state index contributed by atoms with van der Waals surface area (Å²) in [6.07, 6.45) is 0.927. The Kier molecular flexibility index (Phi) is 7.40. The first-order chi connectivity index (χ1) is 3.91. The van der Waals surface area contributed by atoms with E-state index < -0.39 is 0 Å². The van der Waals surface area contributed by atoms with E-state index in [4.69, 9.17) is 22.1 Å². The van der Waals surface area contributed by atoms with Crippen LogP contribution in [-0.4, -0.2) is 25.6 Å². The normalized spacial score (nSPS) is 9.75. The van der Waals surface area contributed by atoms with E-state index in [1.165, 1.54) is 0 Å². The van der Waals surface area contributed by atoms with Crippen molar-refractivity contribution in [2.24, 2.45) is 5.73 Å². The third-order valence-corrected chi connectivity index (χ3v) is 0.869. The fourth-order valence-corrected chi connectivity index (χ4v) is 0.451. The van der Waals surface area contributed by atoms with Crippen molar-refractivity contribution in [2.45, 2.75) is 6.42 Å². The Hall–Kier alpha value is 0.210. The van der Waals surface area contributed by atoms with Gasteiger partial charge in [0.25, 0.3) is 0 Å². The Morgan fingerprint density at radius 1 is 1.38 bits per heavy atom. The minimum Gasteiger partial charge on any atom is -0.380 e. The number of rotatable bonds is 5. The Bertz CT molecular complexity index is 37.4. The molecule has 2 N–H and O–H groups in total. The summed E-state index contributed by atoms with van der Waals surface area (Å²) in [5.74, 6) is 0.574. The van der Waals surface area contributed by atoms with Crippen molar-refractivity contribution in [1.82, 2.24) is 0 Å². The fraction of sp³-hybridized carbons (Fsp3) is 1.00. The van der Waals surface area contributed by atoms with Gasteiger partial charge in [0.2, 0.25) is 0 Å². The van der Waals surface area contributed by atoms with Crippen molar-refractivity contribution in [1.29, 1.82) is 0 Å². The second-order valence-corrected chi connectivity index (χ2v) is 1.82. The maximum absolute atomic E-state index is 5.32. The topological polar surface area (TPSA) is 35.2 Å². The van der Waals surface area contributed by atoms with Crippen molar-refractivity contribution >= 4 is 11.6 Å². The molecule has 0 heterocycles. The molecule has 0 saturated heterocycles. The van der Waals surface area contributed by atoms with Gasteiger partial charge in [-0.1, -0.05) is 0 Å². The van der Waals surface area contributed by atoms with Gasteiger partial charge in [-0.05, 0) is 13.0 Å². The maximum atomic E-state index is 5.32. The largest absolute Gasteiger partial charge is 0.380 e. The molecule has 0 unspecified atom stereocenters. The summed E-state index contributed by atoms with van der Waals surface area (Å²) in [5.41, 5.74) is 5.20. The highest BCUT2D eigenvalue weighted by molar-refractivity contribution is 6.17. The predicted molar refractivity (Wildman–Crippen MR) is 35.2 cm³/mol. The molecule has 0 aliphatic carbocycles. The van der Waals surface area contributed by atoms with Gasteiger partial charge in [0.15, 0.2) is 0 Å². The second-order valence-electron chi connectivity index (χ2n) is 1.44. The van der Waals surface area contributed by atoms with Crippen LogP contribution in [0.25, 0.3) is 0 Å². The van der Waals surface area contributed by atoms with Gasteiger partial charge >= 0.3 is 0 Å². The summed E-state index contributed by atoms with van der Waals surface area (Å²) in [4.78, 5) is 0. The summed E-state index contributed by atoms with van der Waals surface area (Å²) < 4.78 is 5.01. The van der Waals surface area contributed by atoms with Gasteiger partial charge in [0.1, 0.15) is 0 Å². The number of ether oxygens (including phenoxy) is 1. The molecule has 0 amide bonds. The first kappa shape index (κ1) is 8.21. The van der Waals surface area contributed by atoms with E-state index in [2.05, 4.69) is 0 Å². The van der Waals surface area contributed by atoms with Crippen LogP contribution in [0.15, 0.2) is 0 Å². The van der Waals surface area contributed by atoms with Crippen molar-refractivity contribution in [3.63, 3.8) is 0 Å². The van der Waals surface area contributed by atoms with Crippen LogP contribution in [0.3, 0.4) is 0 Å². The third-order valence-electron chi connectivity index (χ3n) is 0.714. The standard InChI is InChI=1S/C5H12ClNO/c6-2-5-8-4-1-3-7/h1-5,7H2. The lowest BCUT2D eigenvalue weighted by Gasteiger charge is -1.97. The molecule has 3 heteroatoms. The zero-order valence-electron chi connectivity index (χ0n) is 4.90. The number of hydrogen-bond donors (Lipinski definition) is 1. The Balaban J connectivity index is 2.53. The Morgan fingerprint density at radius 3 is 2.62 bits per heavy atom. The van der Waals surface area contributed by atoms with Crippen molar-refractivity contribution in [3.8, 4) is 0 Å². The van der Waals surface area contributed by atoms with Crippen LogP contribution in [0.1, 0.15) is 6.42 Å². The highest BCUT2D eigenvalue weighted by Gasteiger charge is 1.82. The molecular weight excluding hydrogens is 126 g/mol. The van der Waals surface area contributed by atoms with Crippen molar-refractivity contribution in [2.75, 3.05) is 25.6 Å². The average molecular weight is 138 g/mol. The lowest BCUT2D eigenvalue weighted by Crippen LogP contribution is -2.05. The minimum absolute atomic E-state index is 0.574. The Labute approximate surface area is 55.0 Å². The van der Waals surface area contributed by atoms with Crippen LogP contribution >= 0.6 is 11.6 Å². The molecule has 0 atom stereocenters. The number of hydrogen-bond acceptors (Lipinski definition) is 2. The molecule has 0 radical (unpaired) electrons. The fourth-order valence-electron chi connectivity index (χ4n) is 0.342. The summed E-state index contributed by atoms with van der Waals surface area (Å²) in [6, 6.07) is 0. The molecule has 0 spiro atoms. The summed E-state index contributed by atoms with van der Waals surface area (Å²) in [6.45, 7) is 2.08. The second kappa shape index (κ2) is 7.21.